The highest BCUT2D eigenvalue weighted by Crippen LogP contribution is 2.25. The Morgan fingerprint density at radius 1 is 1.10 bits per heavy atom. The summed E-state index contributed by atoms with van der Waals surface area (Å²) in [4.78, 5) is 0.187. The molecule has 2 aromatic carbocycles. The van der Waals surface area contributed by atoms with Gasteiger partial charge in [0.1, 0.15) is 0 Å². The summed E-state index contributed by atoms with van der Waals surface area (Å²) in [6.45, 7) is 3.74. The summed E-state index contributed by atoms with van der Waals surface area (Å²) in [7, 11) is -3.64. The van der Waals surface area contributed by atoms with Crippen LogP contribution < -0.4 is 4.31 Å². The molecule has 0 aliphatic heterocycles. The Balaban J connectivity index is 2.47. The maximum atomic E-state index is 12.8. The average Bonchev–Trinajstić information content (AvgIpc) is 2.49. The van der Waals surface area contributed by atoms with E-state index < -0.39 is 16.1 Å². The van der Waals surface area contributed by atoms with Crippen molar-refractivity contribution in [1.82, 2.24) is 0 Å². The van der Waals surface area contributed by atoms with Gasteiger partial charge >= 0.3 is 0 Å². The second-order valence-corrected chi connectivity index (χ2v) is 6.62. The number of aliphatic hydroxyl groups is 1. The number of benzene rings is 2. The lowest BCUT2D eigenvalue weighted by atomic mass is 10.1. The van der Waals surface area contributed by atoms with Crippen LogP contribution in [0.5, 0.6) is 0 Å². The summed E-state index contributed by atoms with van der Waals surface area (Å²) in [5, 5.41) is 9.62. The number of para-hydroxylation sites is 1. The summed E-state index contributed by atoms with van der Waals surface area (Å²) < 4.78 is 26.9. The highest BCUT2D eigenvalue weighted by atomic mass is 32.2. The molecule has 112 valence electrons. The van der Waals surface area contributed by atoms with E-state index in [1.807, 2.05) is 6.07 Å². The van der Waals surface area contributed by atoms with Gasteiger partial charge in [0.05, 0.1) is 16.7 Å². The van der Waals surface area contributed by atoms with E-state index in [2.05, 4.69) is 0 Å². The fourth-order valence-electron chi connectivity index (χ4n) is 2.15. The molecule has 0 saturated carbocycles. The van der Waals surface area contributed by atoms with Gasteiger partial charge in [-0.3, -0.25) is 4.31 Å². The first-order chi connectivity index (χ1) is 9.96. The lowest BCUT2D eigenvalue weighted by Gasteiger charge is -2.23. The molecular weight excluding hydrogens is 286 g/mol. The Kier molecular flexibility index (Phi) is 4.65. The lowest BCUT2D eigenvalue weighted by Crippen LogP contribution is -2.30. The van der Waals surface area contributed by atoms with Crippen LogP contribution in [-0.2, 0) is 10.0 Å². The first kappa shape index (κ1) is 15.5. The predicted octanol–water partition coefficient (Wildman–Crippen LogP) is 2.96. The SMILES string of the molecule is CCN(c1ccccc1)S(=O)(=O)c1cccc(C(C)O)c1. The summed E-state index contributed by atoms with van der Waals surface area (Å²) in [5.41, 5.74) is 1.21. The van der Waals surface area contributed by atoms with E-state index in [1.165, 1.54) is 10.4 Å². The molecule has 0 aromatic heterocycles. The van der Waals surface area contributed by atoms with Crippen molar-refractivity contribution in [3.63, 3.8) is 0 Å². The third-order valence-electron chi connectivity index (χ3n) is 3.26. The number of nitrogens with zero attached hydrogens (tertiary/aromatic N) is 1. The lowest BCUT2D eigenvalue weighted by molar-refractivity contribution is 0.199. The summed E-state index contributed by atoms with van der Waals surface area (Å²) in [6, 6.07) is 15.4. The molecule has 1 N–H and O–H groups in total. The molecule has 0 amide bonds. The number of hydrogen-bond acceptors (Lipinski definition) is 3. The van der Waals surface area contributed by atoms with Crippen LogP contribution in [0.2, 0.25) is 0 Å². The Hall–Kier alpha value is -1.85. The van der Waals surface area contributed by atoms with Crippen molar-refractivity contribution >= 4 is 15.7 Å². The number of rotatable bonds is 5. The Morgan fingerprint density at radius 2 is 1.76 bits per heavy atom. The minimum atomic E-state index is -3.64. The zero-order valence-electron chi connectivity index (χ0n) is 12.1. The molecule has 0 fully saturated rings. The van der Waals surface area contributed by atoms with Gasteiger partial charge in [0.2, 0.25) is 0 Å². The fourth-order valence-corrected chi connectivity index (χ4v) is 3.68. The molecule has 1 unspecified atom stereocenters. The fraction of sp³-hybridized carbons (Fsp3) is 0.250. The van der Waals surface area contributed by atoms with Crippen molar-refractivity contribution in [3.05, 3.63) is 60.2 Å². The largest absolute Gasteiger partial charge is 0.389 e. The molecule has 0 saturated heterocycles. The molecule has 0 bridgehead atoms. The summed E-state index contributed by atoms with van der Waals surface area (Å²) in [6.07, 6.45) is -0.702. The molecule has 21 heavy (non-hydrogen) atoms. The third-order valence-corrected chi connectivity index (χ3v) is 5.16. The van der Waals surface area contributed by atoms with E-state index >= 15 is 0 Å². The molecular formula is C16H19NO3S. The summed E-state index contributed by atoms with van der Waals surface area (Å²) in [5.74, 6) is 0. The van der Waals surface area contributed by atoms with Gasteiger partial charge in [0.25, 0.3) is 10.0 Å². The van der Waals surface area contributed by atoms with Crippen molar-refractivity contribution in [2.24, 2.45) is 0 Å². The molecule has 0 aliphatic carbocycles. The second-order valence-electron chi connectivity index (χ2n) is 4.75. The van der Waals surface area contributed by atoms with Crippen LogP contribution in [0.4, 0.5) is 5.69 Å². The van der Waals surface area contributed by atoms with Crippen LogP contribution in [0.1, 0.15) is 25.5 Å². The zero-order chi connectivity index (χ0) is 15.5. The van der Waals surface area contributed by atoms with E-state index in [0.717, 1.165) is 0 Å². The van der Waals surface area contributed by atoms with Crippen molar-refractivity contribution in [2.45, 2.75) is 24.8 Å². The molecule has 0 spiro atoms. The zero-order valence-corrected chi connectivity index (χ0v) is 12.9. The Bertz CT molecular complexity index is 696. The van der Waals surface area contributed by atoms with Gasteiger partial charge in [-0.1, -0.05) is 30.3 Å². The second kappa shape index (κ2) is 6.28. The standard InChI is InChI=1S/C16H19NO3S/c1-3-17(15-9-5-4-6-10-15)21(19,20)16-11-7-8-14(12-16)13(2)18/h4-13,18H,3H2,1-2H3. The van der Waals surface area contributed by atoms with Gasteiger partial charge in [0, 0.05) is 6.54 Å². The molecule has 2 aromatic rings. The van der Waals surface area contributed by atoms with Crippen LogP contribution in [-0.4, -0.2) is 20.1 Å². The van der Waals surface area contributed by atoms with Gasteiger partial charge in [-0.05, 0) is 43.7 Å². The van der Waals surface area contributed by atoms with Crippen LogP contribution in [0, 0.1) is 0 Å². The van der Waals surface area contributed by atoms with Crippen LogP contribution in [0.15, 0.2) is 59.5 Å². The van der Waals surface area contributed by atoms with Crippen molar-refractivity contribution in [1.29, 1.82) is 0 Å². The Labute approximate surface area is 125 Å². The molecule has 4 nitrogen and oxygen atoms in total. The predicted molar refractivity (Wildman–Crippen MR) is 83.7 cm³/mol. The van der Waals surface area contributed by atoms with Gasteiger partial charge < -0.3 is 5.11 Å². The molecule has 0 radical (unpaired) electrons. The normalized spacial score (nSPS) is 12.9. The molecule has 0 heterocycles. The minimum Gasteiger partial charge on any atom is -0.389 e. The number of aliphatic hydroxyl groups excluding tert-OH is 1. The van der Waals surface area contributed by atoms with Crippen molar-refractivity contribution in [3.8, 4) is 0 Å². The van der Waals surface area contributed by atoms with Crippen molar-refractivity contribution in [2.75, 3.05) is 10.8 Å². The topological polar surface area (TPSA) is 57.6 Å². The molecule has 2 rings (SSSR count). The van der Waals surface area contributed by atoms with E-state index in [0.29, 0.717) is 17.8 Å². The van der Waals surface area contributed by atoms with E-state index in [4.69, 9.17) is 0 Å². The maximum Gasteiger partial charge on any atom is 0.264 e. The van der Waals surface area contributed by atoms with E-state index in [1.54, 1.807) is 56.3 Å². The quantitative estimate of drug-likeness (QED) is 0.924. The van der Waals surface area contributed by atoms with Gasteiger partial charge in [-0.2, -0.15) is 0 Å². The van der Waals surface area contributed by atoms with Gasteiger partial charge in [-0.25, -0.2) is 8.42 Å². The van der Waals surface area contributed by atoms with E-state index in [-0.39, 0.29) is 4.90 Å². The van der Waals surface area contributed by atoms with E-state index in [9.17, 15) is 13.5 Å². The smallest absolute Gasteiger partial charge is 0.264 e. The highest BCUT2D eigenvalue weighted by molar-refractivity contribution is 7.92. The molecule has 5 heteroatoms. The van der Waals surface area contributed by atoms with Gasteiger partial charge in [-0.15, -0.1) is 0 Å². The molecule has 1 atom stereocenters. The molecule has 0 aliphatic rings. The first-order valence-electron chi connectivity index (χ1n) is 6.82. The number of hydrogen-bond donors (Lipinski definition) is 1. The Morgan fingerprint density at radius 3 is 2.33 bits per heavy atom. The van der Waals surface area contributed by atoms with Crippen LogP contribution >= 0.6 is 0 Å². The van der Waals surface area contributed by atoms with Crippen LogP contribution in [0.25, 0.3) is 0 Å². The minimum absolute atomic E-state index is 0.187. The highest BCUT2D eigenvalue weighted by Gasteiger charge is 2.23. The summed E-state index contributed by atoms with van der Waals surface area (Å²) >= 11 is 0. The number of anilines is 1. The maximum absolute atomic E-state index is 12.8. The average molecular weight is 305 g/mol. The van der Waals surface area contributed by atoms with Crippen molar-refractivity contribution < 1.29 is 13.5 Å². The third kappa shape index (κ3) is 3.25. The monoisotopic (exact) mass is 305 g/mol. The first-order valence-corrected chi connectivity index (χ1v) is 8.26. The number of sulfonamides is 1. The van der Waals surface area contributed by atoms with Gasteiger partial charge in [0.15, 0.2) is 0 Å². The van der Waals surface area contributed by atoms with Crippen LogP contribution in [0.3, 0.4) is 0 Å².